The molecule has 2 N–H and O–H groups in total. The molecule has 2 nitrogen and oxygen atoms in total. The Hall–Kier alpha value is -0.760. The molecule has 0 saturated heterocycles. The van der Waals surface area contributed by atoms with Crippen LogP contribution in [-0.2, 0) is 6.42 Å². The maximum atomic E-state index is 3.82. The minimum absolute atomic E-state index is 0.626. The molecule has 4 bridgehead atoms. The smallest absolute Gasteiger partial charge is 0.0343 e. The Labute approximate surface area is 121 Å². The summed E-state index contributed by atoms with van der Waals surface area (Å²) in [4.78, 5) is 3.46. The molecule has 20 heavy (non-hydrogen) atoms. The van der Waals surface area contributed by atoms with E-state index in [0.29, 0.717) is 11.5 Å². The van der Waals surface area contributed by atoms with Crippen LogP contribution in [0.4, 0.5) is 0 Å². The Morgan fingerprint density at radius 2 is 1.75 bits per heavy atom. The second kappa shape index (κ2) is 4.13. The van der Waals surface area contributed by atoms with Gasteiger partial charge in [-0.15, -0.1) is 0 Å². The van der Waals surface area contributed by atoms with Crippen molar-refractivity contribution in [2.75, 3.05) is 6.54 Å². The maximum absolute atomic E-state index is 3.82. The lowest BCUT2D eigenvalue weighted by Gasteiger charge is -2.58. The summed E-state index contributed by atoms with van der Waals surface area (Å²) < 4.78 is 0. The van der Waals surface area contributed by atoms with E-state index in [4.69, 9.17) is 0 Å². The van der Waals surface area contributed by atoms with Crippen LogP contribution in [0, 0.1) is 23.2 Å². The van der Waals surface area contributed by atoms with E-state index in [2.05, 4.69) is 22.6 Å². The molecule has 2 heterocycles. The fourth-order valence-electron chi connectivity index (χ4n) is 6.60. The molecule has 108 valence electrons. The van der Waals surface area contributed by atoms with Gasteiger partial charge in [-0.05, 0) is 79.7 Å². The SMILES string of the molecule is c1cc2c([nH]1)CCNC2CC12CC3CC(CC(C3)C1)C2. The molecule has 6 rings (SSSR count). The van der Waals surface area contributed by atoms with Gasteiger partial charge in [0.1, 0.15) is 0 Å². The molecule has 4 saturated carbocycles. The number of fused-ring (bicyclic) bond motifs is 1. The van der Waals surface area contributed by atoms with E-state index in [1.807, 2.05) is 0 Å². The molecule has 0 spiro atoms. The largest absolute Gasteiger partial charge is 0.365 e. The van der Waals surface area contributed by atoms with Crippen LogP contribution in [0.2, 0.25) is 0 Å². The Balaban J connectivity index is 1.42. The summed E-state index contributed by atoms with van der Waals surface area (Å²) in [6.07, 6.45) is 14.0. The molecular formula is C18H26N2. The Kier molecular flexibility index (Phi) is 2.45. The predicted molar refractivity (Wildman–Crippen MR) is 80.5 cm³/mol. The van der Waals surface area contributed by atoms with Crippen molar-refractivity contribution in [3.8, 4) is 0 Å². The van der Waals surface area contributed by atoms with Crippen LogP contribution in [0.15, 0.2) is 12.3 Å². The molecule has 1 unspecified atom stereocenters. The van der Waals surface area contributed by atoms with Crippen LogP contribution in [0.1, 0.15) is 62.2 Å². The van der Waals surface area contributed by atoms with Crippen molar-refractivity contribution < 1.29 is 0 Å². The number of nitrogens with one attached hydrogen (secondary N) is 2. The first kappa shape index (κ1) is 11.9. The lowest BCUT2D eigenvalue weighted by Crippen LogP contribution is -2.48. The molecule has 0 amide bonds. The molecule has 5 aliphatic rings. The van der Waals surface area contributed by atoms with Gasteiger partial charge in [0, 0.05) is 30.9 Å². The Morgan fingerprint density at radius 1 is 1.05 bits per heavy atom. The number of aromatic amines is 1. The second-order valence-corrected chi connectivity index (χ2v) is 8.29. The van der Waals surface area contributed by atoms with E-state index < -0.39 is 0 Å². The van der Waals surface area contributed by atoms with Gasteiger partial charge < -0.3 is 10.3 Å². The minimum Gasteiger partial charge on any atom is -0.365 e. The maximum Gasteiger partial charge on any atom is 0.0343 e. The molecule has 0 radical (unpaired) electrons. The van der Waals surface area contributed by atoms with Crippen LogP contribution in [0.3, 0.4) is 0 Å². The molecule has 1 aromatic heterocycles. The van der Waals surface area contributed by atoms with Crippen molar-refractivity contribution in [1.82, 2.24) is 10.3 Å². The highest BCUT2D eigenvalue weighted by Gasteiger charge is 2.51. The van der Waals surface area contributed by atoms with E-state index in [0.717, 1.165) is 24.3 Å². The fourth-order valence-corrected chi connectivity index (χ4v) is 6.60. The average molecular weight is 270 g/mol. The van der Waals surface area contributed by atoms with Crippen LogP contribution in [0.25, 0.3) is 0 Å². The summed E-state index contributed by atoms with van der Waals surface area (Å²) in [6.45, 7) is 1.16. The quantitative estimate of drug-likeness (QED) is 0.840. The lowest BCUT2D eigenvalue weighted by molar-refractivity contribution is -0.0625. The summed E-state index contributed by atoms with van der Waals surface area (Å²) in [5, 5.41) is 3.82. The summed E-state index contributed by atoms with van der Waals surface area (Å²) in [6, 6.07) is 2.95. The van der Waals surface area contributed by atoms with Crippen LogP contribution < -0.4 is 5.32 Å². The summed E-state index contributed by atoms with van der Waals surface area (Å²) in [5.41, 5.74) is 3.77. The van der Waals surface area contributed by atoms with E-state index in [9.17, 15) is 0 Å². The summed E-state index contributed by atoms with van der Waals surface area (Å²) >= 11 is 0. The number of rotatable bonds is 2. The second-order valence-electron chi connectivity index (χ2n) is 8.29. The third-order valence-corrected chi connectivity index (χ3v) is 6.81. The number of hydrogen-bond donors (Lipinski definition) is 2. The third-order valence-electron chi connectivity index (χ3n) is 6.81. The molecule has 1 aliphatic heterocycles. The zero-order valence-corrected chi connectivity index (χ0v) is 12.3. The van der Waals surface area contributed by atoms with Gasteiger partial charge in [-0.2, -0.15) is 0 Å². The van der Waals surface area contributed by atoms with Crippen molar-refractivity contribution in [3.63, 3.8) is 0 Å². The van der Waals surface area contributed by atoms with Gasteiger partial charge in [-0.1, -0.05) is 0 Å². The van der Waals surface area contributed by atoms with Crippen molar-refractivity contribution in [3.05, 3.63) is 23.5 Å². The third kappa shape index (κ3) is 1.73. The van der Waals surface area contributed by atoms with E-state index in [1.54, 1.807) is 24.8 Å². The van der Waals surface area contributed by atoms with E-state index >= 15 is 0 Å². The normalized spacial score (nSPS) is 45.6. The van der Waals surface area contributed by atoms with Gasteiger partial charge in [-0.3, -0.25) is 0 Å². The highest BCUT2D eigenvalue weighted by molar-refractivity contribution is 5.27. The lowest BCUT2D eigenvalue weighted by atomic mass is 9.48. The van der Waals surface area contributed by atoms with E-state index in [1.165, 1.54) is 37.8 Å². The van der Waals surface area contributed by atoms with E-state index in [-0.39, 0.29) is 0 Å². The Morgan fingerprint density at radius 3 is 2.45 bits per heavy atom. The van der Waals surface area contributed by atoms with Crippen LogP contribution in [0.5, 0.6) is 0 Å². The molecule has 1 atom stereocenters. The molecule has 2 heteroatoms. The van der Waals surface area contributed by atoms with Crippen LogP contribution >= 0.6 is 0 Å². The van der Waals surface area contributed by atoms with Gasteiger partial charge in [0.25, 0.3) is 0 Å². The van der Waals surface area contributed by atoms with Crippen molar-refractivity contribution in [2.24, 2.45) is 23.2 Å². The number of hydrogen-bond acceptors (Lipinski definition) is 1. The fraction of sp³-hybridized carbons (Fsp3) is 0.778. The monoisotopic (exact) mass is 270 g/mol. The standard InChI is InChI=1S/C18H26N2/c1-3-19-16-2-4-20-17(15(1)16)11-18-8-12-5-13(9-18)7-14(6-12)10-18/h1,3,12-14,17,19-20H,2,4-11H2. The van der Waals surface area contributed by atoms with Crippen molar-refractivity contribution in [1.29, 1.82) is 0 Å². The molecular weight excluding hydrogens is 244 g/mol. The van der Waals surface area contributed by atoms with Gasteiger partial charge in [0.05, 0.1) is 0 Å². The topological polar surface area (TPSA) is 27.8 Å². The predicted octanol–water partition coefficient (Wildman–Crippen LogP) is 3.81. The Bertz CT molecular complexity index is 480. The molecule has 4 aliphatic carbocycles. The van der Waals surface area contributed by atoms with Gasteiger partial charge >= 0.3 is 0 Å². The summed E-state index contributed by atoms with van der Waals surface area (Å²) in [5.74, 6) is 3.24. The van der Waals surface area contributed by atoms with Crippen molar-refractivity contribution >= 4 is 0 Å². The highest BCUT2D eigenvalue weighted by atomic mass is 14.9. The summed E-state index contributed by atoms with van der Waals surface area (Å²) in [7, 11) is 0. The molecule has 1 aromatic rings. The number of H-pyrrole nitrogens is 1. The molecule has 4 fully saturated rings. The zero-order chi connectivity index (χ0) is 13.2. The van der Waals surface area contributed by atoms with Crippen molar-refractivity contribution in [2.45, 2.75) is 57.4 Å². The first-order valence-electron chi connectivity index (χ1n) is 8.69. The number of aromatic nitrogens is 1. The van der Waals surface area contributed by atoms with Crippen LogP contribution in [-0.4, -0.2) is 11.5 Å². The van der Waals surface area contributed by atoms with Gasteiger partial charge in [0.15, 0.2) is 0 Å². The zero-order valence-electron chi connectivity index (χ0n) is 12.3. The molecule has 0 aromatic carbocycles. The minimum atomic E-state index is 0.626. The highest BCUT2D eigenvalue weighted by Crippen LogP contribution is 2.62. The average Bonchev–Trinajstić information content (AvgIpc) is 2.86. The first-order chi connectivity index (χ1) is 9.80. The van der Waals surface area contributed by atoms with Gasteiger partial charge in [0.2, 0.25) is 0 Å². The van der Waals surface area contributed by atoms with Gasteiger partial charge in [-0.25, -0.2) is 0 Å². The first-order valence-corrected chi connectivity index (χ1v) is 8.69.